The van der Waals surface area contributed by atoms with Gasteiger partial charge in [0.25, 0.3) is 5.91 Å². The zero-order chi connectivity index (χ0) is 19.0. The van der Waals surface area contributed by atoms with Gasteiger partial charge in [0.15, 0.2) is 5.76 Å². The molecule has 27 heavy (non-hydrogen) atoms. The molecule has 4 aromatic rings. The molecular weight excluding hydrogens is 362 g/mol. The molecule has 2 heterocycles. The van der Waals surface area contributed by atoms with E-state index in [2.05, 4.69) is 41.1 Å². The minimum atomic E-state index is -0.284. The Morgan fingerprint density at radius 1 is 1.11 bits per heavy atom. The van der Waals surface area contributed by atoms with Crippen molar-refractivity contribution >= 4 is 45.1 Å². The molecule has 5 nitrogen and oxygen atoms in total. The third-order valence-corrected chi connectivity index (χ3v) is 4.75. The molecular formula is C21H20ClN3O2. The minimum absolute atomic E-state index is 0.260. The second kappa shape index (κ2) is 7.10. The van der Waals surface area contributed by atoms with Gasteiger partial charge in [0.2, 0.25) is 0 Å². The number of rotatable bonds is 5. The van der Waals surface area contributed by atoms with Gasteiger partial charge in [-0.05, 0) is 62.6 Å². The Hall–Kier alpha value is -2.76. The van der Waals surface area contributed by atoms with Crippen LogP contribution in [-0.2, 0) is 6.54 Å². The van der Waals surface area contributed by atoms with Gasteiger partial charge >= 0.3 is 0 Å². The Balaban J connectivity index is 1.54. The molecule has 0 saturated carbocycles. The lowest BCUT2D eigenvalue weighted by molar-refractivity contribution is 0.0998. The summed E-state index contributed by atoms with van der Waals surface area (Å²) in [5.74, 6) is -0.0235. The van der Waals surface area contributed by atoms with E-state index in [1.165, 1.54) is 0 Å². The zero-order valence-corrected chi connectivity index (χ0v) is 16.0. The number of amides is 1. The van der Waals surface area contributed by atoms with Crippen LogP contribution in [0.2, 0.25) is 5.02 Å². The molecule has 138 valence electrons. The number of likely N-dealkylation sites (N-methyl/N-ethyl adjacent to an activating group) is 1. The van der Waals surface area contributed by atoms with Crippen LogP contribution in [0.25, 0.3) is 21.9 Å². The fourth-order valence-electron chi connectivity index (χ4n) is 3.10. The van der Waals surface area contributed by atoms with Crippen molar-refractivity contribution in [3.8, 4) is 0 Å². The zero-order valence-electron chi connectivity index (χ0n) is 15.2. The summed E-state index contributed by atoms with van der Waals surface area (Å²) in [7, 11) is 4.12. The van der Waals surface area contributed by atoms with E-state index in [0.717, 1.165) is 35.1 Å². The van der Waals surface area contributed by atoms with Gasteiger partial charge in [-0.15, -0.1) is 0 Å². The van der Waals surface area contributed by atoms with Crippen LogP contribution in [0.15, 0.2) is 59.1 Å². The van der Waals surface area contributed by atoms with Crippen molar-refractivity contribution in [3.63, 3.8) is 0 Å². The first-order valence-corrected chi connectivity index (χ1v) is 9.11. The maximum atomic E-state index is 12.5. The van der Waals surface area contributed by atoms with E-state index in [-0.39, 0.29) is 11.7 Å². The summed E-state index contributed by atoms with van der Waals surface area (Å²) in [6.07, 6.45) is 2.07. The van der Waals surface area contributed by atoms with Crippen LogP contribution >= 0.6 is 11.6 Å². The fraction of sp³-hybridized carbons (Fsp3) is 0.190. The third-order valence-electron chi connectivity index (χ3n) is 4.52. The second-order valence-electron chi connectivity index (χ2n) is 6.83. The number of nitrogens with zero attached hydrogens (tertiary/aromatic N) is 2. The smallest absolute Gasteiger partial charge is 0.291 e. The summed E-state index contributed by atoms with van der Waals surface area (Å²) >= 11 is 5.99. The van der Waals surface area contributed by atoms with E-state index < -0.39 is 0 Å². The van der Waals surface area contributed by atoms with Crippen LogP contribution in [0.3, 0.4) is 0 Å². The van der Waals surface area contributed by atoms with E-state index in [1.807, 2.05) is 18.2 Å². The lowest BCUT2D eigenvalue weighted by Crippen LogP contribution is -2.17. The van der Waals surface area contributed by atoms with E-state index in [4.69, 9.17) is 16.0 Å². The van der Waals surface area contributed by atoms with Gasteiger partial charge in [0.1, 0.15) is 5.58 Å². The van der Waals surface area contributed by atoms with Crippen LogP contribution in [0.5, 0.6) is 0 Å². The Morgan fingerprint density at radius 3 is 2.78 bits per heavy atom. The summed E-state index contributed by atoms with van der Waals surface area (Å²) in [6.45, 7) is 1.89. The number of hydrogen-bond acceptors (Lipinski definition) is 3. The minimum Gasteiger partial charge on any atom is -0.451 e. The van der Waals surface area contributed by atoms with E-state index in [9.17, 15) is 4.79 Å². The predicted molar refractivity (Wildman–Crippen MR) is 110 cm³/mol. The fourth-order valence-corrected chi connectivity index (χ4v) is 3.28. The second-order valence-corrected chi connectivity index (χ2v) is 7.27. The van der Waals surface area contributed by atoms with Gasteiger partial charge in [-0.25, -0.2) is 0 Å². The molecule has 0 aliphatic heterocycles. The van der Waals surface area contributed by atoms with Crippen molar-refractivity contribution in [1.29, 1.82) is 0 Å². The van der Waals surface area contributed by atoms with Crippen molar-refractivity contribution < 1.29 is 9.21 Å². The molecule has 0 bridgehead atoms. The number of carbonyl (C=O) groups is 1. The van der Waals surface area contributed by atoms with Crippen molar-refractivity contribution in [3.05, 3.63) is 65.5 Å². The molecule has 0 atom stereocenters. The van der Waals surface area contributed by atoms with Crippen LogP contribution in [0, 0.1) is 0 Å². The van der Waals surface area contributed by atoms with Gasteiger partial charge in [-0.1, -0.05) is 11.6 Å². The number of anilines is 1. The maximum Gasteiger partial charge on any atom is 0.291 e. The van der Waals surface area contributed by atoms with E-state index in [1.54, 1.807) is 24.3 Å². The molecule has 0 spiro atoms. The largest absolute Gasteiger partial charge is 0.451 e. The van der Waals surface area contributed by atoms with Gasteiger partial charge in [-0.3, -0.25) is 4.79 Å². The first-order chi connectivity index (χ1) is 13.0. The highest BCUT2D eigenvalue weighted by Crippen LogP contribution is 2.25. The van der Waals surface area contributed by atoms with Crippen molar-refractivity contribution in [2.45, 2.75) is 6.54 Å². The quantitative estimate of drug-likeness (QED) is 0.537. The van der Waals surface area contributed by atoms with Crippen molar-refractivity contribution in [1.82, 2.24) is 9.47 Å². The monoisotopic (exact) mass is 381 g/mol. The predicted octanol–water partition coefficient (Wildman–Crippen LogP) is 4.85. The van der Waals surface area contributed by atoms with Crippen LogP contribution < -0.4 is 5.32 Å². The number of fused-ring (bicyclic) bond motifs is 2. The lowest BCUT2D eigenvalue weighted by atomic mass is 10.2. The van der Waals surface area contributed by atoms with Gasteiger partial charge in [0.05, 0.1) is 0 Å². The van der Waals surface area contributed by atoms with Crippen LogP contribution in [-0.4, -0.2) is 36.0 Å². The summed E-state index contributed by atoms with van der Waals surface area (Å²) in [6, 6.07) is 14.9. The standard InChI is InChI=1S/C21H20ClN3O2/c1-24(2)9-10-25-8-7-14-12-17(4-5-18(14)25)23-21(26)20-13-15-11-16(22)3-6-19(15)27-20/h3-8,11-13H,9-10H2,1-2H3,(H,23,26). The number of hydrogen-bond donors (Lipinski definition) is 1. The lowest BCUT2D eigenvalue weighted by Gasteiger charge is -2.11. The SMILES string of the molecule is CN(C)CCn1ccc2cc(NC(=O)c3cc4cc(Cl)ccc4o3)ccc21. The highest BCUT2D eigenvalue weighted by molar-refractivity contribution is 6.31. The third kappa shape index (κ3) is 3.70. The molecule has 2 aromatic carbocycles. The molecule has 4 rings (SSSR count). The highest BCUT2D eigenvalue weighted by Gasteiger charge is 2.13. The average molecular weight is 382 g/mol. The van der Waals surface area contributed by atoms with Crippen molar-refractivity contribution in [2.24, 2.45) is 0 Å². The van der Waals surface area contributed by atoms with E-state index >= 15 is 0 Å². The van der Waals surface area contributed by atoms with Gasteiger partial charge < -0.3 is 19.2 Å². The molecule has 0 radical (unpaired) electrons. The summed E-state index contributed by atoms with van der Waals surface area (Å²) in [5.41, 5.74) is 2.52. The Bertz CT molecular complexity index is 1130. The summed E-state index contributed by atoms with van der Waals surface area (Å²) in [4.78, 5) is 14.7. The topological polar surface area (TPSA) is 50.4 Å². The summed E-state index contributed by atoms with van der Waals surface area (Å²) < 4.78 is 7.84. The number of carbonyl (C=O) groups excluding carboxylic acids is 1. The first kappa shape index (κ1) is 17.6. The summed E-state index contributed by atoms with van der Waals surface area (Å²) in [5, 5.41) is 5.41. The normalized spacial score (nSPS) is 11.6. The Labute approximate surface area is 162 Å². The molecule has 6 heteroatoms. The number of halogens is 1. The Kier molecular flexibility index (Phi) is 4.64. The Morgan fingerprint density at radius 2 is 1.96 bits per heavy atom. The highest BCUT2D eigenvalue weighted by atomic mass is 35.5. The molecule has 0 aliphatic carbocycles. The molecule has 0 unspecified atom stereocenters. The average Bonchev–Trinajstić information content (AvgIpc) is 3.23. The van der Waals surface area contributed by atoms with Crippen molar-refractivity contribution in [2.75, 3.05) is 26.0 Å². The number of nitrogens with one attached hydrogen (secondary N) is 1. The first-order valence-electron chi connectivity index (χ1n) is 8.74. The van der Waals surface area contributed by atoms with E-state index in [0.29, 0.717) is 10.6 Å². The molecule has 0 aliphatic rings. The van der Waals surface area contributed by atoms with Crippen LogP contribution in [0.4, 0.5) is 5.69 Å². The van der Waals surface area contributed by atoms with Crippen LogP contribution in [0.1, 0.15) is 10.6 Å². The number of furan rings is 1. The molecule has 1 N–H and O–H groups in total. The maximum absolute atomic E-state index is 12.5. The molecule has 0 fully saturated rings. The van der Waals surface area contributed by atoms with Gasteiger partial charge in [0, 0.05) is 46.3 Å². The number of aromatic nitrogens is 1. The van der Waals surface area contributed by atoms with Gasteiger partial charge in [-0.2, -0.15) is 0 Å². The number of benzene rings is 2. The molecule has 1 amide bonds. The molecule has 0 saturated heterocycles. The molecule has 2 aromatic heterocycles.